The number of aromatic nitrogens is 2. The minimum atomic E-state index is -0.373. The van der Waals surface area contributed by atoms with Gasteiger partial charge >= 0.3 is 6.09 Å². The first-order chi connectivity index (χ1) is 18.1. The molecule has 37 heavy (non-hydrogen) atoms. The number of anilines is 3. The molecule has 0 saturated carbocycles. The number of nitrogens with zero attached hydrogens (tertiary/aromatic N) is 5. The molecule has 1 aromatic carbocycles. The highest BCUT2D eigenvalue weighted by atomic mass is 16.6. The largest absolute Gasteiger partial charge is 0.482 e. The first kappa shape index (κ1) is 22.1. The van der Waals surface area contributed by atoms with Crippen molar-refractivity contribution in [2.24, 2.45) is 0 Å². The number of rotatable bonds is 5. The van der Waals surface area contributed by atoms with E-state index in [1.807, 2.05) is 30.5 Å². The van der Waals surface area contributed by atoms with Gasteiger partial charge in [0.2, 0.25) is 5.88 Å². The first-order valence-electron chi connectivity index (χ1n) is 12.4. The smallest absolute Gasteiger partial charge is 0.414 e. The molecule has 0 radical (unpaired) electrons. The van der Waals surface area contributed by atoms with Gasteiger partial charge in [-0.3, -0.25) is 19.6 Å². The fourth-order valence-electron chi connectivity index (χ4n) is 5.94. The predicted octanol–water partition coefficient (Wildman–Crippen LogP) is 2.26. The van der Waals surface area contributed by atoms with Crippen molar-refractivity contribution in [3.8, 4) is 11.6 Å². The molecule has 2 bridgehead atoms. The number of likely N-dealkylation sites (tertiary alicyclic amines) is 1. The normalized spacial score (nSPS) is 24.7. The quantitative estimate of drug-likeness (QED) is 0.562. The Labute approximate surface area is 212 Å². The van der Waals surface area contributed by atoms with E-state index in [9.17, 15) is 9.59 Å². The van der Waals surface area contributed by atoms with Crippen LogP contribution in [0.5, 0.6) is 11.6 Å². The lowest BCUT2D eigenvalue weighted by Crippen LogP contribution is -2.49. The van der Waals surface area contributed by atoms with Crippen LogP contribution >= 0.6 is 0 Å². The molecule has 11 nitrogen and oxygen atoms in total. The summed E-state index contributed by atoms with van der Waals surface area (Å²) in [4.78, 5) is 40.0. The number of carbonyl (C=O) groups excluding carboxylic acids is 2. The maximum Gasteiger partial charge on any atom is 0.414 e. The summed E-state index contributed by atoms with van der Waals surface area (Å²) in [5.74, 6) is 0.967. The molecule has 2 aromatic heterocycles. The first-order valence-corrected chi connectivity index (χ1v) is 12.4. The number of nitrogens with one attached hydrogen (secondary N) is 1. The van der Waals surface area contributed by atoms with Crippen LogP contribution in [-0.4, -0.2) is 85.0 Å². The molecule has 6 heterocycles. The molecule has 0 spiro atoms. The van der Waals surface area contributed by atoms with Gasteiger partial charge in [-0.25, -0.2) is 9.78 Å². The van der Waals surface area contributed by atoms with Crippen molar-refractivity contribution in [3.63, 3.8) is 0 Å². The molecule has 3 atom stereocenters. The standard InChI is InChI=1S/C26H26N6O5/c1-35-24-5-3-19-25(29-24)21(6-7-27-19)31-11-16-8-17(31)10-30(16)12-18-13-32(26(34)37-18)15-2-4-22-20(9-15)28-23(33)14-36-22/h2-7,9,16-18H,8,10-14H2,1H3,(H,28,33)/t16?,17-,18?/m0/s1. The van der Waals surface area contributed by atoms with Crippen LogP contribution in [0.1, 0.15) is 6.42 Å². The van der Waals surface area contributed by atoms with Crippen molar-refractivity contribution in [1.29, 1.82) is 0 Å². The number of methoxy groups -OCH3 is 1. The van der Waals surface area contributed by atoms with Crippen LogP contribution in [0.2, 0.25) is 0 Å². The summed E-state index contributed by atoms with van der Waals surface area (Å²) in [6.07, 6.45) is 2.29. The van der Waals surface area contributed by atoms with Crippen LogP contribution in [0.25, 0.3) is 11.0 Å². The summed E-state index contributed by atoms with van der Waals surface area (Å²) in [6.45, 7) is 2.93. The van der Waals surface area contributed by atoms with Crippen molar-refractivity contribution < 1.29 is 23.8 Å². The molecule has 2 amide bonds. The maximum atomic E-state index is 12.7. The topological polar surface area (TPSA) is 109 Å². The zero-order chi connectivity index (χ0) is 25.1. The minimum absolute atomic E-state index is 0.00229. The number of carbonyl (C=O) groups is 2. The number of ether oxygens (including phenoxy) is 3. The summed E-state index contributed by atoms with van der Waals surface area (Å²) in [5.41, 5.74) is 4.03. The summed E-state index contributed by atoms with van der Waals surface area (Å²) < 4.78 is 16.5. The number of pyridine rings is 2. The number of fused-ring (bicyclic) bond motifs is 4. The molecule has 3 saturated heterocycles. The van der Waals surface area contributed by atoms with E-state index in [4.69, 9.17) is 14.2 Å². The fraction of sp³-hybridized carbons (Fsp3) is 0.385. The van der Waals surface area contributed by atoms with Crippen LogP contribution in [0.3, 0.4) is 0 Å². The number of amides is 2. The number of piperazine rings is 1. The number of hydrogen-bond donors (Lipinski definition) is 1. The van der Waals surface area contributed by atoms with Crippen LogP contribution < -0.4 is 24.6 Å². The van der Waals surface area contributed by atoms with E-state index in [0.29, 0.717) is 48.2 Å². The van der Waals surface area contributed by atoms with E-state index in [0.717, 1.165) is 36.2 Å². The molecule has 3 fully saturated rings. The van der Waals surface area contributed by atoms with E-state index in [1.165, 1.54) is 0 Å². The highest BCUT2D eigenvalue weighted by molar-refractivity contribution is 5.97. The molecule has 11 heteroatoms. The van der Waals surface area contributed by atoms with Gasteiger partial charge in [0.1, 0.15) is 17.4 Å². The van der Waals surface area contributed by atoms with E-state index in [1.54, 1.807) is 24.1 Å². The van der Waals surface area contributed by atoms with Gasteiger partial charge in [-0.1, -0.05) is 0 Å². The predicted molar refractivity (Wildman–Crippen MR) is 135 cm³/mol. The summed E-state index contributed by atoms with van der Waals surface area (Å²) >= 11 is 0. The second-order valence-corrected chi connectivity index (χ2v) is 9.83. The van der Waals surface area contributed by atoms with Gasteiger partial charge in [0.05, 0.1) is 30.5 Å². The number of benzene rings is 1. The maximum absolute atomic E-state index is 12.7. The molecule has 4 aliphatic rings. The second-order valence-electron chi connectivity index (χ2n) is 9.83. The third kappa shape index (κ3) is 3.77. The van der Waals surface area contributed by atoms with Crippen molar-refractivity contribution in [2.75, 3.05) is 55.0 Å². The monoisotopic (exact) mass is 502 g/mol. The molecule has 2 unspecified atom stereocenters. The Morgan fingerprint density at radius 3 is 2.86 bits per heavy atom. The highest BCUT2D eigenvalue weighted by Crippen LogP contribution is 2.38. The van der Waals surface area contributed by atoms with Crippen LogP contribution in [0, 0.1) is 0 Å². The lowest BCUT2D eigenvalue weighted by molar-refractivity contribution is -0.118. The Morgan fingerprint density at radius 1 is 1.11 bits per heavy atom. The molecule has 3 aromatic rings. The Balaban J connectivity index is 1.03. The molecule has 4 aliphatic heterocycles. The Bertz CT molecular complexity index is 1420. The molecule has 7 rings (SSSR count). The average molecular weight is 503 g/mol. The number of hydrogen-bond acceptors (Lipinski definition) is 9. The van der Waals surface area contributed by atoms with E-state index in [2.05, 4.69) is 25.1 Å². The van der Waals surface area contributed by atoms with Crippen molar-refractivity contribution in [2.45, 2.75) is 24.6 Å². The van der Waals surface area contributed by atoms with Crippen molar-refractivity contribution >= 4 is 40.1 Å². The van der Waals surface area contributed by atoms with E-state index >= 15 is 0 Å². The molecule has 1 N–H and O–H groups in total. The third-order valence-corrected chi connectivity index (χ3v) is 7.63. The lowest BCUT2D eigenvalue weighted by Gasteiger charge is -2.36. The van der Waals surface area contributed by atoms with Gasteiger partial charge in [-0.05, 0) is 36.8 Å². The Hall–Kier alpha value is -4.12. The van der Waals surface area contributed by atoms with Gasteiger partial charge in [0, 0.05) is 49.7 Å². The van der Waals surface area contributed by atoms with Gasteiger partial charge in [0.15, 0.2) is 6.61 Å². The highest BCUT2D eigenvalue weighted by Gasteiger charge is 2.46. The van der Waals surface area contributed by atoms with Gasteiger partial charge < -0.3 is 24.4 Å². The number of cyclic esters (lactones) is 1. The zero-order valence-electron chi connectivity index (χ0n) is 20.3. The summed E-state index contributed by atoms with van der Waals surface area (Å²) in [6, 6.07) is 11.9. The van der Waals surface area contributed by atoms with Crippen LogP contribution in [0.15, 0.2) is 42.6 Å². The van der Waals surface area contributed by atoms with E-state index < -0.39 is 0 Å². The van der Waals surface area contributed by atoms with E-state index in [-0.39, 0.29) is 24.7 Å². The molecular weight excluding hydrogens is 476 g/mol. The Morgan fingerprint density at radius 2 is 2.03 bits per heavy atom. The SMILES string of the molecule is COc1ccc2nccc(N3CC4C[C@H]3CN4CC3CN(c4ccc5c(c4)NC(=O)CO5)C(=O)O3)c2n1. The van der Waals surface area contributed by atoms with Gasteiger partial charge in [-0.2, -0.15) is 0 Å². The van der Waals surface area contributed by atoms with Crippen LogP contribution in [0.4, 0.5) is 21.9 Å². The summed E-state index contributed by atoms with van der Waals surface area (Å²) in [5, 5.41) is 2.79. The second kappa shape index (κ2) is 8.48. The zero-order valence-corrected chi connectivity index (χ0v) is 20.3. The minimum Gasteiger partial charge on any atom is -0.482 e. The van der Waals surface area contributed by atoms with Crippen molar-refractivity contribution in [1.82, 2.24) is 14.9 Å². The molecular formula is C26H26N6O5. The molecule has 190 valence electrons. The van der Waals surface area contributed by atoms with Gasteiger partial charge in [-0.15, -0.1) is 0 Å². The molecule has 0 aliphatic carbocycles. The third-order valence-electron chi connectivity index (χ3n) is 7.63. The van der Waals surface area contributed by atoms with Crippen LogP contribution in [-0.2, 0) is 9.53 Å². The van der Waals surface area contributed by atoms with Gasteiger partial charge in [0.25, 0.3) is 5.91 Å². The fourth-order valence-corrected chi connectivity index (χ4v) is 5.94. The van der Waals surface area contributed by atoms with Crippen molar-refractivity contribution in [3.05, 3.63) is 42.6 Å². The lowest BCUT2D eigenvalue weighted by atomic mass is 10.2. The average Bonchev–Trinajstić information content (AvgIpc) is 3.61. The summed E-state index contributed by atoms with van der Waals surface area (Å²) in [7, 11) is 1.62. The Kier molecular flexibility index (Phi) is 5.07.